The molecule has 0 spiro atoms. The fourth-order valence-corrected chi connectivity index (χ4v) is 4.86. The average Bonchev–Trinajstić information content (AvgIpc) is 3.27. The van der Waals surface area contributed by atoms with Crippen molar-refractivity contribution < 1.29 is 9.59 Å². The molecule has 1 unspecified atom stereocenters. The first kappa shape index (κ1) is 15.1. The molecule has 0 aromatic carbocycles. The second-order valence-electron chi connectivity index (χ2n) is 6.74. The lowest BCUT2D eigenvalue weighted by Gasteiger charge is -2.38. The molecule has 0 N–H and O–H groups in total. The van der Waals surface area contributed by atoms with Crippen molar-refractivity contribution in [2.75, 3.05) is 26.2 Å². The number of piperidine rings is 1. The zero-order valence-corrected chi connectivity index (χ0v) is 14.1. The predicted octanol–water partition coefficient (Wildman–Crippen LogP) is 2.80. The van der Waals surface area contributed by atoms with Crippen molar-refractivity contribution in [3.05, 3.63) is 28.0 Å². The first-order valence-corrected chi connectivity index (χ1v) is 9.49. The molecule has 1 amide bonds. The van der Waals surface area contributed by atoms with E-state index in [-0.39, 0.29) is 11.7 Å². The number of allylic oxidation sites excluding steroid dienone is 1. The third-order valence-electron chi connectivity index (χ3n) is 5.24. The van der Waals surface area contributed by atoms with Gasteiger partial charge in [-0.05, 0) is 56.6 Å². The molecule has 1 aromatic rings. The van der Waals surface area contributed by atoms with Crippen LogP contribution in [0.5, 0.6) is 0 Å². The van der Waals surface area contributed by atoms with Crippen LogP contribution in [0.25, 0.3) is 5.57 Å². The lowest BCUT2D eigenvalue weighted by atomic mass is 9.99. The summed E-state index contributed by atoms with van der Waals surface area (Å²) < 4.78 is 0. The summed E-state index contributed by atoms with van der Waals surface area (Å²) in [5.74, 6) is 0.0471. The van der Waals surface area contributed by atoms with Gasteiger partial charge in [-0.2, -0.15) is 0 Å². The van der Waals surface area contributed by atoms with Gasteiger partial charge in [-0.25, -0.2) is 0 Å². The van der Waals surface area contributed by atoms with Crippen LogP contribution in [-0.4, -0.2) is 53.7 Å². The van der Waals surface area contributed by atoms with E-state index in [1.54, 1.807) is 6.08 Å². The van der Waals surface area contributed by atoms with Gasteiger partial charge in [0.1, 0.15) is 0 Å². The number of thiophene rings is 1. The quantitative estimate of drug-likeness (QED) is 0.856. The van der Waals surface area contributed by atoms with Crippen LogP contribution >= 0.6 is 11.3 Å². The number of nitrogens with zero attached hydrogens (tertiary/aromatic N) is 2. The van der Waals surface area contributed by atoms with Gasteiger partial charge in [0.15, 0.2) is 5.78 Å². The Labute approximate surface area is 140 Å². The van der Waals surface area contributed by atoms with Crippen LogP contribution in [-0.2, 0) is 4.79 Å². The van der Waals surface area contributed by atoms with E-state index in [1.807, 2.05) is 16.3 Å². The molecule has 3 heterocycles. The highest BCUT2D eigenvalue weighted by Crippen LogP contribution is 2.34. The van der Waals surface area contributed by atoms with Crippen molar-refractivity contribution in [3.8, 4) is 0 Å². The van der Waals surface area contributed by atoms with Crippen LogP contribution < -0.4 is 0 Å². The molecule has 4 rings (SSSR count). The Morgan fingerprint density at radius 2 is 1.96 bits per heavy atom. The van der Waals surface area contributed by atoms with E-state index in [4.69, 9.17) is 0 Å². The summed E-state index contributed by atoms with van der Waals surface area (Å²) in [5, 5.41) is 1.90. The lowest BCUT2D eigenvalue weighted by Crippen LogP contribution is -2.49. The van der Waals surface area contributed by atoms with Crippen molar-refractivity contribution in [1.82, 2.24) is 9.80 Å². The van der Waals surface area contributed by atoms with Gasteiger partial charge in [-0.3, -0.25) is 9.59 Å². The minimum atomic E-state index is -0.00791. The molecule has 23 heavy (non-hydrogen) atoms. The molecule has 5 heteroatoms. The van der Waals surface area contributed by atoms with Gasteiger partial charge >= 0.3 is 0 Å². The van der Waals surface area contributed by atoms with Crippen LogP contribution in [0.15, 0.2) is 17.5 Å². The maximum atomic E-state index is 13.1. The number of hydrogen-bond acceptors (Lipinski definition) is 4. The summed E-state index contributed by atoms with van der Waals surface area (Å²) in [7, 11) is 0. The topological polar surface area (TPSA) is 40.6 Å². The van der Waals surface area contributed by atoms with Gasteiger partial charge in [0.25, 0.3) is 5.91 Å². The van der Waals surface area contributed by atoms with E-state index in [9.17, 15) is 9.59 Å². The maximum absolute atomic E-state index is 13.1. The summed E-state index contributed by atoms with van der Waals surface area (Å²) in [6, 6.07) is 2.21. The van der Waals surface area contributed by atoms with Gasteiger partial charge in [-0.15, -0.1) is 11.3 Å². The molecule has 2 aliphatic heterocycles. The molecule has 0 bridgehead atoms. The van der Waals surface area contributed by atoms with E-state index in [0.29, 0.717) is 11.6 Å². The number of likely N-dealkylation sites (tertiary alicyclic amines) is 2. The highest BCUT2D eigenvalue weighted by molar-refractivity contribution is 7.12. The molecule has 0 radical (unpaired) electrons. The number of ketones is 1. The first-order chi connectivity index (χ1) is 11.2. The Kier molecular flexibility index (Phi) is 4.07. The molecular weight excluding hydrogens is 308 g/mol. The highest BCUT2D eigenvalue weighted by Gasteiger charge is 2.34. The Bertz CT molecular complexity index is 658. The number of hydrogen-bond donors (Lipinski definition) is 0. The number of carbonyl (C=O) groups is 2. The third kappa shape index (κ3) is 2.76. The Morgan fingerprint density at radius 1 is 1.17 bits per heavy atom. The standard InChI is InChI=1S/C18H22N2O2S/c21-16-11-15(14-6-10-23-17(14)16)18(22)20-9-2-1-5-13(20)12-19-7-3-4-8-19/h6,10-11,13H,1-5,7-9,12H2. The largest absolute Gasteiger partial charge is 0.334 e. The second-order valence-corrected chi connectivity index (χ2v) is 7.66. The van der Waals surface area contributed by atoms with E-state index < -0.39 is 0 Å². The van der Waals surface area contributed by atoms with Crippen molar-refractivity contribution in [3.63, 3.8) is 0 Å². The van der Waals surface area contributed by atoms with Gasteiger partial charge in [0.2, 0.25) is 0 Å². The van der Waals surface area contributed by atoms with E-state index in [2.05, 4.69) is 4.90 Å². The van der Waals surface area contributed by atoms with E-state index >= 15 is 0 Å². The molecule has 2 saturated heterocycles. The van der Waals surface area contributed by atoms with Crippen molar-refractivity contribution >= 4 is 28.6 Å². The van der Waals surface area contributed by atoms with Crippen molar-refractivity contribution in [2.24, 2.45) is 0 Å². The van der Waals surface area contributed by atoms with Crippen LogP contribution in [0.4, 0.5) is 0 Å². The Balaban J connectivity index is 1.54. The highest BCUT2D eigenvalue weighted by atomic mass is 32.1. The molecule has 1 aliphatic carbocycles. The maximum Gasteiger partial charge on any atom is 0.254 e. The predicted molar refractivity (Wildman–Crippen MR) is 91.7 cm³/mol. The summed E-state index contributed by atoms with van der Waals surface area (Å²) in [6.07, 6.45) is 7.45. The zero-order chi connectivity index (χ0) is 15.8. The van der Waals surface area contributed by atoms with Gasteiger partial charge in [0.05, 0.1) is 10.5 Å². The number of fused-ring (bicyclic) bond motifs is 1. The van der Waals surface area contributed by atoms with E-state index in [0.717, 1.165) is 49.5 Å². The molecule has 1 atom stereocenters. The summed E-state index contributed by atoms with van der Waals surface area (Å²) in [6.45, 7) is 4.13. The van der Waals surface area contributed by atoms with Crippen molar-refractivity contribution in [1.29, 1.82) is 0 Å². The molecule has 4 nitrogen and oxygen atoms in total. The second kappa shape index (κ2) is 6.21. The van der Waals surface area contributed by atoms with Gasteiger partial charge in [-0.1, -0.05) is 0 Å². The van der Waals surface area contributed by atoms with Crippen LogP contribution in [0, 0.1) is 0 Å². The lowest BCUT2D eigenvalue weighted by molar-refractivity contribution is -0.128. The fraction of sp³-hybridized carbons (Fsp3) is 0.556. The number of rotatable bonds is 3. The van der Waals surface area contributed by atoms with E-state index in [1.165, 1.54) is 30.6 Å². The molecule has 0 saturated carbocycles. The zero-order valence-electron chi connectivity index (χ0n) is 13.3. The minimum absolute atomic E-state index is 0.00791. The molecule has 2 fully saturated rings. The number of carbonyl (C=O) groups excluding carboxylic acids is 2. The normalized spacial score (nSPS) is 24.9. The summed E-state index contributed by atoms with van der Waals surface area (Å²) >= 11 is 1.43. The number of amides is 1. The smallest absolute Gasteiger partial charge is 0.254 e. The van der Waals surface area contributed by atoms with Gasteiger partial charge in [0, 0.05) is 30.8 Å². The van der Waals surface area contributed by atoms with Crippen LogP contribution in [0.1, 0.15) is 47.3 Å². The monoisotopic (exact) mass is 330 g/mol. The fourth-order valence-electron chi connectivity index (χ4n) is 4.04. The summed E-state index contributed by atoms with van der Waals surface area (Å²) in [4.78, 5) is 30.4. The third-order valence-corrected chi connectivity index (χ3v) is 6.17. The molecular formula is C18H22N2O2S. The molecule has 1 aromatic heterocycles. The van der Waals surface area contributed by atoms with Crippen molar-refractivity contribution in [2.45, 2.75) is 38.1 Å². The molecule has 3 aliphatic rings. The van der Waals surface area contributed by atoms with Gasteiger partial charge < -0.3 is 9.80 Å². The molecule has 122 valence electrons. The average molecular weight is 330 g/mol. The first-order valence-electron chi connectivity index (χ1n) is 8.61. The minimum Gasteiger partial charge on any atom is -0.334 e. The Hall–Kier alpha value is -1.46. The summed E-state index contributed by atoms with van der Waals surface area (Å²) in [5.41, 5.74) is 1.45. The SMILES string of the molecule is O=C1C=C(C(=O)N2CCCCC2CN2CCCC2)c2ccsc21. The van der Waals surface area contributed by atoms with Crippen LogP contribution in [0.2, 0.25) is 0 Å². The Morgan fingerprint density at radius 3 is 2.78 bits per heavy atom. The van der Waals surface area contributed by atoms with Crippen LogP contribution in [0.3, 0.4) is 0 Å².